The minimum atomic E-state index is -0.282. The normalized spacial score (nSPS) is 14.6. The first kappa shape index (κ1) is 25.9. The SMILES string of the molecule is COc1cccc(C(=O)N(CC(=O)N2CCc3sccc3[C@@H]2COc2ccc(Cl)cc2)Cc2ccco2)c1. The molecule has 1 aliphatic heterocycles. The van der Waals surface area contributed by atoms with E-state index in [1.807, 2.05) is 22.4 Å². The molecule has 0 radical (unpaired) electrons. The standard InChI is InChI=1S/C29H27ClN2O5S/c1-35-23-5-2-4-20(16-23)29(34)31(17-24-6-3-14-36-24)18-28(33)32-13-11-27-25(12-15-38-27)26(32)19-37-22-9-7-21(30)8-10-22/h2-10,12,14-16,26H,11,13,17-19H2,1H3/t26-/m0/s1. The number of thiophene rings is 1. The van der Waals surface area contributed by atoms with Gasteiger partial charge in [0.1, 0.15) is 30.4 Å². The smallest absolute Gasteiger partial charge is 0.254 e. The maximum absolute atomic E-state index is 13.8. The number of hydrogen-bond donors (Lipinski definition) is 0. The van der Waals surface area contributed by atoms with Crippen LogP contribution >= 0.6 is 22.9 Å². The Labute approximate surface area is 230 Å². The van der Waals surface area contributed by atoms with Crippen molar-refractivity contribution in [2.75, 3.05) is 26.8 Å². The van der Waals surface area contributed by atoms with Gasteiger partial charge in [-0.25, -0.2) is 0 Å². The number of nitrogens with zero attached hydrogens (tertiary/aromatic N) is 2. The Morgan fingerprint density at radius 1 is 1.11 bits per heavy atom. The predicted molar refractivity (Wildman–Crippen MR) is 146 cm³/mol. The van der Waals surface area contributed by atoms with Crippen molar-refractivity contribution in [1.82, 2.24) is 9.80 Å². The Hall–Kier alpha value is -3.75. The van der Waals surface area contributed by atoms with Crippen LogP contribution in [0.4, 0.5) is 0 Å². The fraction of sp³-hybridized carbons (Fsp3) is 0.241. The molecule has 0 fully saturated rings. The average Bonchev–Trinajstić information content (AvgIpc) is 3.64. The van der Waals surface area contributed by atoms with Crippen LogP contribution in [0.2, 0.25) is 5.02 Å². The molecule has 196 valence electrons. The van der Waals surface area contributed by atoms with Crippen molar-refractivity contribution in [3.8, 4) is 11.5 Å². The van der Waals surface area contributed by atoms with Gasteiger partial charge in [-0.2, -0.15) is 0 Å². The van der Waals surface area contributed by atoms with Gasteiger partial charge in [0.05, 0.1) is 26.0 Å². The van der Waals surface area contributed by atoms with Gasteiger partial charge in [-0.1, -0.05) is 17.7 Å². The zero-order chi connectivity index (χ0) is 26.5. The number of carbonyl (C=O) groups is 2. The summed E-state index contributed by atoms with van der Waals surface area (Å²) in [6.07, 6.45) is 2.32. The number of benzene rings is 2. The molecule has 1 aliphatic rings. The molecule has 2 aromatic carbocycles. The molecule has 7 nitrogen and oxygen atoms in total. The molecule has 3 heterocycles. The van der Waals surface area contributed by atoms with Crippen LogP contribution in [0.5, 0.6) is 11.5 Å². The number of hydrogen-bond acceptors (Lipinski definition) is 6. The van der Waals surface area contributed by atoms with Crippen molar-refractivity contribution < 1.29 is 23.5 Å². The monoisotopic (exact) mass is 550 g/mol. The number of ether oxygens (including phenoxy) is 2. The highest BCUT2D eigenvalue weighted by atomic mass is 35.5. The lowest BCUT2D eigenvalue weighted by Gasteiger charge is -2.37. The lowest BCUT2D eigenvalue weighted by Crippen LogP contribution is -2.47. The summed E-state index contributed by atoms with van der Waals surface area (Å²) in [5.74, 6) is 1.40. The van der Waals surface area contributed by atoms with Crippen LogP contribution in [0.15, 0.2) is 82.8 Å². The Morgan fingerprint density at radius 3 is 2.71 bits per heavy atom. The summed E-state index contributed by atoms with van der Waals surface area (Å²) >= 11 is 7.70. The number of carbonyl (C=O) groups excluding carboxylic acids is 2. The molecule has 1 atom stereocenters. The Balaban J connectivity index is 1.37. The van der Waals surface area contributed by atoms with Crippen molar-refractivity contribution in [2.24, 2.45) is 0 Å². The zero-order valence-corrected chi connectivity index (χ0v) is 22.4. The average molecular weight is 551 g/mol. The van der Waals surface area contributed by atoms with E-state index in [-0.39, 0.29) is 30.9 Å². The van der Waals surface area contributed by atoms with E-state index in [1.54, 1.807) is 73.2 Å². The molecule has 38 heavy (non-hydrogen) atoms. The van der Waals surface area contributed by atoms with Gasteiger partial charge in [-0.15, -0.1) is 11.3 Å². The molecule has 0 N–H and O–H groups in total. The Morgan fingerprint density at radius 2 is 1.95 bits per heavy atom. The van der Waals surface area contributed by atoms with Crippen LogP contribution < -0.4 is 9.47 Å². The second-order valence-electron chi connectivity index (χ2n) is 8.89. The third kappa shape index (κ3) is 5.87. The van der Waals surface area contributed by atoms with Gasteiger partial charge in [0.15, 0.2) is 0 Å². The summed E-state index contributed by atoms with van der Waals surface area (Å²) in [5, 5.41) is 2.67. The van der Waals surface area contributed by atoms with Gasteiger partial charge in [0.25, 0.3) is 5.91 Å². The summed E-state index contributed by atoms with van der Waals surface area (Å²) in [6.45, 7) is 0.897. The highest BCUT2D eigenvalue weighted by molar-refractivity contribution is 7.10. The van der Waals surface area contributed by atoms with E-state index in [1.165, 1.54) is 9.78 Å². The van der Waals surface area contributed by atoms with Crippen molar-refractivity contribution in [1.29, 1.82) is 0 Å². The van der Waals surface area contributed by atoms with E-state index < -0.39 is 0 Å². The highest BCUT2D eigenvalue weighted by Gasteiger charge is 2.34. The minimum Gasteiger partial charge on any atom is -0.497 e. The van der Waals surface area contributed by atoms with Gasteiger partial charge in [0, 0.05) is 22.0 Å². The molecule has 0 bridgehead atoms. The van der Waals surface area contributed by atoms with E-state index in [2.05, 4.69) is 6.07 Å². The summed E-state index contributed by atoms with van der Waals surface area (Å²) in [5.41, 5.74) is 1.52. The van der Waals surface area contributed by atoms with Crippen molar-refractivity contribution in [3.05, 3.63) is 105 Å². The highest BCUT2D eigenvalue weighted by Crippen LogP contribution is 2.34. The molecule has 0 aliphatic carbocycles. The van der Waals surface area contributed by atoms with Crippen molar-refractivity contribution >= 4 is 34.8 Å². The quantitative estimate of drug-likeness (QED) is 0.261. The number of methoxy groups -OCH3 is 1. The van der Waals surface area contributed by atoms with Crippen LogP contribution in [0.3, 0.4) is 0 Å². The third-order valence-corrected chi connectivity index (χ3v) is 7.74. The minimum absolute atomic E-state index is 0.104. The van der Waals surface area contributed by atoms with Crippen LogP contribution in [0.25, 0.3) is 0 Å². The first-order valence-corrected chi connectivity index (χ1v) is 13.5. The van der Waals surface area contributed by atoms with E-state index in [4.69, 9.17) is 25.5 Å². The van der Waals surface area contributed by atoms with Crippen LogP contribution in [-0.4, -0.2) is 48.4 Å². The van der Waals surface area contributed by atoms with Crippen LogP contribution in [0.1, 0.15) is 32.6 Å². The van der Waals surface area contributed by atoms with Gasteiger partial charge in [0.2, 0.25) is 5.91 Å². The molecular formula is C29H27ClN2O5S. The maximum atomic E-state index is 13.8. The van der Waals surface area contributed by atoms with E-state index >= 15 is 0 Å². The predicted octanol–water partition coefficient (Wildman–Crippen LogP) is 5.85. The molecule has 9 heteroatoms. The summed E-state index contributed by atoms with van der Waals surface area (Å²) in [4.78, 5) is 31.9. The lowest BCUT2D eigenvalue weighted by atomic mass is 10.0. The number of fused-ring (bicyclic) bond motifs is 1. The molecule has 4 aromatic rings. The summed E-state index contributed by atoms with van der Waals surface area (Å²) < 4.78 is 16.9. The molecule has 0 unspecified atom stereocenters. The van der Waals surface area contributed by atoms with Gasteiger partial charge in [-0.3, -0.25) is 9.59 Å². The van der Waals surface area contributed by atoms with Gasteiger partial charge >= 0.3 is 0 Å². The third-order valence-electron chi connectivity index (χ3n) is 6.49. The summed E-state index contributed by atoms with van der Waals surface area (Å²) in [6, 6.07) is 19.4. The van der Waals surface area contributed by atoms with E-state index in [9.17, 15) is 9.59 Å². The molecule has 0 saturated heterocycles. The second-order valence-corrected chi connectivity index (χ2v) is 10.3. The molecule has 0 saturated carbocycles. The zero-order valence-electron chi connectivity index (χ0n) is 20.8. The molecule has 0 spiro atoms. The number of rotatable bonds is 9. The molecule has 5 rings (SSSR count). The second kappa shape index (κ2) is 11.8. The Bertz CT molecular complexity index is 1390. The van der Waals surface area contributed by atoms with E-state index in [0.29, 0.717) is 41.0 Å². The largest absolute Gasteiger partial charge is 0.497 e. The van der Waals surface area contributed by atoms with Crippen LogP contribution in [-0.2, 0) is 17.8 Å². The van der Waals surface area contributed by atoms with Gasteiger partial charge in [-0.05, 0) is 78.0 Å². The fourth-order valence-corrected chi connectivity index (χ4v) is 5.62. The fourth-order valence-electron chi connectivity index (χ4n) is 4.56. The lowest BCUT2D eigenvalue weighted by molar-refractivity contribution is -0.135. The number of furan rings is 1. The maximum Gasteiger partial charge on any atom is 0.254 e. The van der Waals surface area contributed by atoms with Crippen molar-refractivity contribution in [3.63, 3.8) is 0 Å². The molecule has 2 aromatic heterocycles. The Kier molecular flexibility index (Phi) is 8.00. The van der Waals surface area contributed by atoms with Crippen molar-refractivity contribution in [2.45, 2.75) is 19.0 Å². The first-order chi connectivity index (χ1) is 18.5. The molecule has 2 amide bonds. The van der Waals surface area contributed by atoms with Gasteiger partial charge < -0.3 is 23.7 Å². The first-order valence-electron chi connectivity index (χ1n) is 12.2. The number of amides is 2. The molecular weight excluding hydrogens is 524 g/mol. The summed E-state index contributed by atoms with van der Waals surface area (Å²) in [7, 11) is 1.55. The number of halogens is 1. The van der Waals surface area contributed by atoms with Crippen LogP contribution in [0, 0.1) is 0 Å². The van der Waals surface area contributed by atoms with E-state index in [0.717, 1.165) is 12.0 Å². The topological polar surface area (TPSA) is 72.2 Å².